The van der Waals surface area contributed by atoms with Crippen molar-refractivity contribution < 1.29 is 22.7 Å². The van der Waals surface area contributed by atoms with Crippen molar-refractivity contribution in [1.82, 2.24) is 10.3 Å². The van der Waals surface area contributed by atoms with Gasteiger partial charge in [0, 0.05) is 29.1 Å². The normalized spacial score (nSPS) is 17.8. The Kier molecular flexibility index (Phi) is 4.92. The van der Waals surface area contributed by atoms with Gasteiger partial charge in [-0.05, 0) is 35.9 Å². The average molecular weight is 394 g/mol. The predicted molar refractivity (Wildman–Crippen MR) is 98.1 cm³/mol. The monoisotopic (exact) mass is 394 g/mol. The van der Waals surface area contributed by atoms with Gasteiger partial charge in [-0.25, -0.2) is 18.0 Å². The van der Waals surface area contributed by atoms with E-state index in [1.54, 1.807) is 12.3 Å². The van der Waals surface area contributed by atoms with E-state index in [0.717, 1.165) is 17.7 Å². The molecule has 0 saturated carbocycles. The molecule has 1 fully saturated rings. The molecule has 0 spiro atoms. The lowest BCUT2D eigenvalue weighted by Gasteiger charge is -2.18. The summed E-state index contributed by atoms with van der Waals surface area (Å²) in [5.74, 6) is 1.62. The van der Waals surface area contributed by atoms with Gasteiger partial charge in [-0.15, -0.1) is 0 Å². The first kappa shape index (κ1) is 18.6. The number of carbonyl (C=O) groups excluding carboxylic acids is 1. The van der Waals surface area contributed by atoms with Crippen molar-refractivity contribution in [2.45, 2.75) is 12.1 Å². The van der Waals surface area contributed by atoms with Crippen molar-refractivity contribution in [3.05, 3.63) is 101 Å². The zero-order valence-electron chi connectivity index (χ0n) is 14.8. The Bertz CT molecular complexity index is 1140. The van der Waals surface area contributed by atoms with Crippen LogP contribution >= 0.6 is 0 Å². The van der Waals surface area contributed by atoms with Crippen LogP contribution in [0.15, 0.2) is 60.9 Å². The number of halogens is 3. The molecule has 1 N–H and O–H groups in total. The number of ether oxygens (including phenoxy) is 1. The molecule has 0 aliphatic carbocycles. The SMILES string of the molecule is O=C1NC(c2cncc(C#Cc3ccccc3)c2)C(c2ccc(F)c(F)c2F)O1. The highest BCUT2D eigenvalue weighted by atomic mass is 19.2. The quantitative estimate of drug-likeness (QED) is 0.517. The maximum atomic E-state index is 14.2. The van der Waals surface area contributed by atoms with Crippen molar-refractivity contribution in [2.24, 2.45) is 0 Å². The molecule has 1 aromatic heterocycles. The van der Waals surface area contributed by atoms with E-state index in [-0.39, 0.29) is 5.56 Å². The van der Waals surface area contributed by atoms with Gasteiger partial charge in [0.2, 0.25) is 0 Å². The lowest BCUT2D eigenvalue weighted by atomic mass is 9.96. The van der Waals surface area contributed by atoms with Crippen LogP contribution in [0.4, 0.5) is 18.0 Å². The largest absolute Gasteiger partial charge is 0.439 e. The molecule has 1 saturated heterocycles. The van der Waals surface area contributed by atoms with E-state index in [1.807, 2.05) is 30.3 Å². The Morgan fingerprint density at radius 2 is 1.69 bits per heavy atom. The minimum Gasteiger partial charge on any atom is -0.439 e. The fourth-order valence-electron chi connectivity index (χ4n) is 3.04. The van der Waals surface area contributed by atoms with Gasteiger partial charge in [0.1, 0.15) is 6.04 Å². The maximum Gasteiger partial charge on any atom is 0.408 e. The first-order valence-corrected chi connectivity index (χ1v) is 8.65. The second-order valence-electron chi connectivity index (χ2n) is 6.34. The molecule has 1 aliphatic rings. The number of amides is 1. The fourth-order valence-corrected chi connectivity index (χ4v) is 3.04. The summed E-state index contributed by atoms with van der Waals surface area (Å²) in [6.07, 6.45) is 1.03. The molecule has 1 aliphatic heterocycles. The molecular weight excluding hydrogens is 381 g/mol. The topological polar surface area (TPSA) is 51.2 Å². The number of rotatable bonds is 2. The van der Waals surface area contributed by atoms with Crippen molar-refractivity contribution in [3.8, 4) is 11.8 Å². The number of pyridine rings is 1. The van der Waals surface area contributed by atoms with Gasteiger partial charge in [-0.2, -0.15) is 0 Å². The van der Waals surface area contributed by atoms with E-state index in [9.17, 15) is 18.0 Å². The van der Waals surface area contributed by atoms with Gasteiger partial charge in [-0.3, -0.25) is 4.98 Å². The molecule has 2 unspecified atom stereocenters. The number of hydrogen-bond donors (Lipinski definition) is 1. The second-order valence-corrected chi connectivity index (χ2v) is 6.34. The summed E-state index contributed by atoms with van der Waals surface area (Å²) < 4.78 is 46.3. The molecule has 4 nitrogen and oxygen atoms in total. The van der Waals surface area contributed by atoms with Crippen molar-refractivity contribution in [1.29, 1.82) is 0 Å². The van der Waals surface area contributed by atoms with Gasteiger partial charge >= 0.3 is 6.09 Å². The Labute approximate surface area is 164 Å². The molecule has 4 rings (SSSR count). The van der Waals surface area contributed by atoms with Crippen molar-refractivity contribution in [2.75, 3.05) is 0 Å². The first-order valence-electron chi connectivity index (χ1n) is 8.65. The summed E-state index contributed by atoms with van der Waals surface area (Å²) in [6, 6.07) is 12.0. The third-order valence-electron chi connectivity index (χ3n) is 4.43. The lowest BCUT2D eigenvalue weighted by molar-refractivity contribution is 0.129. The Morgan fingerprint density at radius 3 is 2.48 bits per heavy atom. The van der Waals surface area contributed by atoms with Gasteiger partial charge in [0.15, 0.2) is 23.6 Å². The summed E-state index contributed by atoms with van der Waals surface area (Å²) in [5.41, 5.74) is 1.60. The van der Waals surface area contributed by atoms with Crippen LogP contribution in [-0.4, -0.2) is 11.1 Å². The Hall–Kier alpha value is -3.79. The number of aromatic nitrogens is 1. The molecule has 7 heteroatoms. The van der Waals surface area contributed by atoms with Crippen LogP contribution in [0.1, 0.15) is 34.4 Å². The van der Waals surface area contributed by atoms with Gasteiger partial charge in [-0.1, -0.05) is 30.0 Å². The van der Waals surface area contributed by atoms with Crippen LogP contribution in [0.2, 0.25) is 0 Å². The molecule has 2 heterocycles. The predicted octanol–water partition coefficient (Wildman–Crippen LogP) is 4.42. The molecule has 1 amide bonds. The third kappa shape index (κ3) is 3.78. The number of alkyl carbamates (subject to hydrolysis) is 1. The Balaban J connectivity index is 1.68. The number of benzene rings is 2. The number of cyclic esters (lactones) is 1. The van der Waals surface area contributed by atoms with Crippen LogP contribution in [0.25, 0.3) is 0 Å². The number of carbonyl (C=O) groups is 1. The highest BCUT2D eigenvalue weighted by molar-refractivity contribution is 5.71. The van der Waals surface area contributed by atoms with E-state index >= 15 is 0 Å². The third-order valence-corrected chi connectivity index (χ3v) is 4.43. The van der Waals surface area contributed by atoms with Gasteiger partial charge in [0.05, 0.1) is 0 Å². The standard InChI is InChI=1S/C22H13F3N2O2/c23-17-9-8-16(18(24)19(17)25)21-20(27-22(28)29-21)15-10-14(11-26-12-15)7-6-13-4-2-1-3-5-13/h1-5,8-12,20-21H,(H,27,28). The zero-order valence-corrected chi connectivity index (χ0v) is 14.8. The lowest BCUT2D eigenvalue weighted by Crippen LogP contribution is -2.20. The molecule has 3 aromatic rings. The number of nitrogens with zero attached hydrogens (tertiary/aromatic N) is 1. The summed E-state index contributed by atoms with van der Waals surface area (Å²) in [7, 11) is 0. The van der Waals surface area contributed by atoms with E-state index in [0.29, 0.717) is 11.1 Å². The van der Waals surface area contributed by atoms with Crippen LogP contribution in [-0.2, 0) is 4.74 Å². The minimum absolute atomic E-state index is 0.270. The molecule has 2 aromatic carbocycles. The summed E-state index contributed by atoms with van der Waals surface area (Å²) >= 11 is 0. The number of hydrogen-bond acceptors (Lipinski definition) is 3. The van der Waals surface area contributed by atoms with E-state index < -0.39 is 35.7 Å². The Morgan fingerprint density at radius 1 is 0.931 bits per heavy atom. The smallest absolute Gasteiger partial charge is 0.408 e. The molecule has 29 heavy (non-hydrogen) atoms. The minimum atomic E-state index is -1.62. The van der Waals surface area contributed by atoms with Crippen LogP contribution in [0, 0.1) is 29.3 Å². The highest BCUT2D eigenvalue weighted by Gasteiger charge is 2.39. The van der Waals surface area contributed by atoms with Crippen molar-refractivity contribution in [3.63, 3.8) is 0 Å². The van der Waals surface area contributed by atoms with Crippen LogP contribution in [0.3, 0.4) is 0 Å². The maximum absolute atomic E-state index is 14.2. The van der Waals surface area contributed by atoms with Crippen molar-refractivity contribution >= 4 is 6.09 Å². The molecular formula is C22H13F3N2O2. The molecule has 0 bridgehead atoms. The summed E-state index contributed by atoms with van der Waals surface area (Å²) in [4.78, 5) is 15.9. The zero-order chi connectivity index (χ0) is 20.4. The molecule has 0 radical (unpaired) electrons. The highest BCUT2D eigenvalue weighted by Crippen LogP contribution is 2.38. The van der Waals surface area contributed by atoms with Crippen LogP contribution in [0.5, 0.6) is 0 Å². The van der Waals surface area contributed by atoms with Crippen LogP contribution < -0.4 is 5.32 Å². The van der Waals surface area contributed by atoms with E-state index in [2.05, 4.69) is 22.1 Å². The first-order chi connectivity index (χ1) is 14.0. The summed E-state index contributed by atoms with van der Waals surface area (Å²) in [5, 5.41) is 2.55. The summed E-state index contributed by atoms with van der Waals surface area (Å²) in [6.45, 7) is 0. The van der Waals surface area contributed by atoms with E-state index in [4.69, 9.17) is 4.74 Å². The molecule has 144 valence electrons. The molecule has 2 atom stereocenters. The van der Waals surface area contributed by atoms with Gasteiger partial charge < -0.3 is 10.1 Å². The average Bonchev–Trinajstić information content (AvgIpc) is 3.13. The van der Waals surface area contributed by atoms with Gasteiger partial charge in [0.25, 0.3) is 0 Å². The second kappa shape index (κ2) is 7.68. The number of nitrogens with one attached hydrogen (secondary N) is 1. The fraction of sp³-hybridized carbons (Fsp3) is 0.0909. The van der Waals surface area contributed by atoms with E-state index in [1.165, 1.54) is 6.20 Å².